The Morgan fingerprint density at radius 1 is 1.14 bits per heavy atom. The van der Waals surface area contributed by atoms with Crippen molar-refractivity contribution in [2.75, 3.05) is 16.3 Å². The fraction of sp³-hybridized carbons (Fsp3) is 0.211. The van der Waals surface area contributed by atoms with Crippen molar-refractivity contribution in [3.63, 3.8) is 0 Å². The van der Waals surface area contributed by atoms with Gasteiger partial charge in [0.25, 0.3) is 0 Å². The van der Waals surface area contributed by atoms with Crippen LogP contribution in [-0.2, 0) is 14.8 Å². The minimum atomic E-state index is -3.31. The van der Waals surface area contributed by atoms with Gasteiger partial charge in [0.2, 0.25) is 15.9 Å². The first-order chi connectivity index (χ1) is 13.2. The molecule has 3 aromatic rings. The second-order valence-corrected chi connectivity index (χ2v) is 8.39. The molecule has 2 N–H and O–H groups in total. The third-order valence-corrected chi connectivity index (χ3v) is 4.44. The Labute approximate surface area is 163 Å². The van der Waals surface area contributed by atoms with Gasteiger partial charge in [-0.25, -0.2) is 18.1 Å². The fourth-order valence-electron chi connectivity index (χ4n) is 2.62. The van der Waals surface area contributed by atoms with E-state index in [4.69, 9.17) is 0 Å². The third kappa shape index (κ3) is 4.95. The van der Waals surface area contributed by atoms with Crippen LogP contribution in [0.15, 0.2) is 48.8 Å². The van der Waals surface area contributed by atoms with E-state index in [1.165, 1.54) is 6.08 Å². The first-order valence-corrected chi connectivity index (χ1v) is 10.5. The van der Waals surface area contributed by atoms with E-state index >= 15 is 0 Å². The molecule has 2 heterocycles. The minimum absolute atomic E-state index is 0.201. The maximum atomic E-state index is 12.2. The summed E-state index contributed by atoms with van der Waals surface area (Å²) in [6.45, 7) is 4.05. The predicted molar refractivity (Wildman–Crippen MR) is 110 cm³/mol. The second-order valence-electron chi connectivity index (χ2n) is 6.64. The molecule has 0 saturated heterocycles. The number of anilines is 2. The number of benzene rings is 1. The number of rotatable bonds is 6. The average Bonchev–Trinajstić information content (AvgIpc) is 3.03. The topological polar surface area (TPSA) is 106 Å². The number of carbonyl (C=O) groups excluding carboxylic acids is 1. The van der Waals surface area contributed by atoms with Crippen molar-refractivity contribution >= 4 is 44.4 Å². The van der Waals surface area contributed by atoms with Crippen molar-refractivity contribution in [2.24, 2.45) is 0 Å². The summed E-state index contributed by atoms with van der Waals surface area (Å²) in [5.41, 5.74) is 2.58. The van der Waals surface area contributed by atoms with Crippen LogP contribution in [-0.4, -0.2) is 35.3 Å². The number of pyridine rings is 1. The van der Waals surface area contributed by atoms with Gasteiger partial charge in [0.15, 0.2) is 5.65 Å². The molecule has 28 heavy (non-hydrogen) atoms. The zero-order chi connectivity index (χ0) is 20.3. The van der Waals surface area contributed by atoms with Crippen molar-refractivity contribution in [2.45, 2.75) is 19.9 Å². The van der Waals surface area contributed by atoms with Crippen LogP contribution in [0.4, 0.5) is 11.4 Å². The van der Waals surface area contributed by atoms with Crippen LogP contribution in [0.3, 0.4) is 0 Å². The van der Waals surface area contributed by atoms with Crippen LogP contribution in [0.5, 0.6) is 0 Å². The normalized spacial score (nSPS) is 12.0. The molecule has 9 heteroatoms. The molecule has 0 unspecified atom stereocenters. The number of aromatic nitrogens is 3. The van der Waals surface area contributed by atoms with E-state index in [1.807, 2.05) is 24.6 Å². The van der Waals surface area contributed by atoms with Gasteiger partial charge >= 0.3 is 0 Å². The molecule has 0 fully saturated rings. The van der Waals surface area contributed by atoms with Gasteiger partial charge in [0, 0.05) is 23.2 Å². The molecule has 0 aliphatic carbocycles. The van der Waals surface area contributed by atoms with Crippen molar-refractivity contribution < 1.29 is 13.2 Å². The highest BCUT2D eigenvalue weighted by molar-refractivity contribution is 7.92. The van der Waals surface area contributed by atoms with Gasteiger partial charge in [-0.15, -0.1) is 0 Å². The lowest BCUT2D eigenvalue weighted by Crippen LogP contribution is -2.09. The van der Waals surface area contributed by atoms with Gasteiger partial charge in [0.1, 0.15) is 0 Å². The summed E-state index contributed by atoms with van der Waals surface area (Å²) in [6.07, 6.45) is 7.45. The van der Waals surface area contributed by atoms with E-state index in [-0.39, 0.29) is 11.9 Å². The molecule has 0 bridgehead atoms. The number of fused-ring (bicyclic) bond motifs is 1. The van der Waals surface area contributed by atoms with Gasteiger partial charge in [-0.05, 0) is 43.7 Å². The van der Waals surface area contributed by atoms with E-state index in [1.54, 1.807) is 42.7 Å². The zero-order valence-electron chi connectivity index (χ0n) is 15.7. The van der Waals surface area contributed by atoms with Gasteiger partial charge in [0.05, 0.1) is 24.3 Å². The van der Waals surface area contributed by atoms with Crippen LogP contribution >= 0.6 is 0 Å². The highest BCUT2D eigenvalue weighted by Crippen LogP contribution is 2.19. The number of nitrogens with one attached hydrogen (secondary N) is 2. The molecule has 0 spiro atoms. The Morgan fingerprint density at radius 3 is 2.50 bits per heavy atom. The van der Waals surface area contributed by atoms with Crippen molar-refractivity contribution in [3.05, 3.63) is 54.4 Å². The number of hydrogen-bond acceptors (Lipinski definition) is 5. The molecular weight excluding hydrogens is 378 g/mol. The highest BCUT2D eigenvalue weighted by atomic mass is 32.2. The summed E-state index contributed by atoms with van der Waals surface area (Å²) in [7, 11) is -3.31. The molecule has 0 aliphatic heterocycles. The standard InChI is InChI=1S/C19H21N5O3S/c1-13(2)24-19-15(11-21-24)10-17(12-20-19)22-18(25)9-6-14-4-7-16(8-5-14)23-28(3,26)27/h4-13,23H,1-3H3,(H,22,25). The molecule has 3 rings (SSSR count). The number of carbonyl (C=O) groups is 1. The number of hydrogen-bond donors (Lipinski definition) is 2. The molecule has 0 aliphatic rings. The molecule has 146 valence electrons. The Bertz CT molecular complexity index is 1130. The maximum Gasteiger partial charge on any atom is 0.248 e. The molecule has 1 amide bonds. The van der Waals surface area contributed by atoms with Crippen LogP contribution in [0, 0.1) is 0 Å². The summed E-state index contributed by atoms with van der Waals surface area (Å²) in [6, 6.07) is 8.71. The number of amides is 1. The maximum absolute atomic E-state index is 12.2. The molecule has 0 radical (unpaired) electrons. The molecule has 2 aromatic heterocycles. The average molecular weight is 399 g/mol. The van der Waals surface area contributed by atoms with Gasteiger partial charge in [-0.2, -0.15) is 5.10 Å². The summed E-state index contributed by atoms with van der Waals surface area (Å²) in [5, 5.41) is 7.92. The monoisotopic (exact) mass is 399 g/mol. The summed E-state index contributed by atoms with van der Waals surface area (Å²) >= 11 is 0. The van der Waals surface area contributed by atoms with Crippen molar-refractivity contribution in [3.8, 4) is 0 Å². The predicted octanol–water partition coefficient (Wildman–Crippen LogP) is 3.04. The largest absolute Gasteiger partial charge is 0.321 e. The van der Waals surface area contributed by atoms with E-state index in [0.29, 0.717) is 11.4 Å². The highest BCUT2D eigenvalue weighted by Gasteiger charge is 2.08. The quantitative estimate of drug-likeness (QED) is 0.620. The number of nitrogens with zero attached hydrogens (tertiary/aromatic N) is 3. The second kappa shape index (κ2) is 7.81. The first-order valence-electron chi connectivity index (χ1n) is 8.61. The Kier molecular flexibility index (Phi) is 5.46. The fourth-order valence-corrected chi connectivity index (χ4v) is 3.18. The summed E-state index contributed by atoms with van der Waals surface area (Å²) < 4.78 is 26.6. The van der Waals surface area contributed by atoms with E-state index in [9.17, 15) is 13.2 Å². The lowest BCUT2D eigenvalue weighted by molar-refractivity contribution is -0.111. The molecular formula is C19H21N5O3S. The van der Waals surface area contributed by atoms with Crippen molar-refractivity contribution in [1.82, 2.24) is 14.8 Å². The van der Waals surface area contributed by atoms with Crippen LogP contribution in [0.2, 0.25) is 0 Å². The Balaban J connectivity index is 1.65. The van der Waals surface area contributed by atoms with Gasteiger partial charge < -0.3 is 5.32 Å². The lowest BCUT2D eigenvalue weighted by atomic mass is 10.2. The first kappa shape index (κ1) is 19.6. The van der Waals surface area contributed by atoms with Crippen LogP contribution < -0.4 is 10.0 Å². The molecule has 0 saturated carbocycles. The smallest absolute Gasteiger partial charge is 0.248 e. The summed E-state index contributed by atoms with van der Waals surface area (Å²) in [4.78, 5) is 16.5. The SMILES string of the molecule is CC(C)n1ncc2cc(NC(=O)C=Cc3ccc(NS(C)(=O)=O)cc3)cnc21. The van der Waals surface area contributed by atoms with Crippen LogP contribution in [0.1, 0.15) is 25.5 Å². The van der Waals surface area contributed by atoms with E-state index < -0.39 is 10.0 Å². The summed E-state index contributed by atoms with van der Waals surface area (Å²) in [5.74, 6) is -0.296. The Morgan fingerprint density at radius 2 is 1.86 bits per heavy atom. The minimum Gasteiger partial charge on any atom is -0.321 e. The molecule has 0 atom stereocenters. The van der Waals surface area contributed by atoms with Gasteiger partial charge in [-0.1, -0.05) is 12.1 Å². The zero-order valence-corrected chi connectivity index (χ0v) is 16.6. The number of sulfonamides is 1. The van der Waals surface area contributed by atoms with Gasteiger partial charge in [-0.3, -0.25) is 9.52 Å². The lowest BCUT2D eigenvalue weighted by Gasteiger charge is -2.07. The molecule has 1 aromatic carbocycles. The van der Waals surface area contributed by atoms with E-state index in [2.05, 4.69) is 20.1 Å². The van der Waals surface area contributed by atoms with E-state index in [0.717, 1.165) is 22.9 Å². The van der Waals surface area contributed by atoms with Crippen molar-refractivity contribution in [1.29, 1.82) is 0 Å². The third-order valence-electron chi connectivity index (χ3n) is 3.83. The van der Waals surface area contributed by atoms with Crippen LogP contribution in [0.25, 0.3) is 17.1 Å². The Hall–Kier alpha value is -3.20. The molecule has 8 nitrogen and oxygen atoms in total.